The van der Waals surface area contributed by atoms with Crippen LogP contribution in [0.2, 0.25) is 0 Å². The van der Waals surface area contributed by atoms with Crippen molar-refractivity contribution in [3.8, 4) is 0 Å². The van der Waals surface area contributed by atoms with Crippen LogP contribution in [-0.4, -0.2) is 22.9 Å². The van der Waals surface area contributed by atoms with Crippen LogP contribution in [0.5, 0.6) is 0 Å². The van der Waals surface area contributed by atoms with Crippen molar-refractivity contribution in [2.75, 3.05) is 13.2 Å². The van der Waals surface area contributed by atoms with Crippen LogP contribution >= 0.6 is 0 Å². The maximum atomic E-state index is 5.52. The van der Waals surface area contributed by atoms with Crippen LogP contribution in [0, 0.1) is 0 Å². The van der Waals surface area contributed by atoms with Crippen LogP contribution in [0.3, 0.4) is 0 Å². The molecule has 1 heterocycles. The minimum Gasteiger partial charge on any atom is -0.372 e. The summed E-state index contributed by atoms with van der Waals surface area (Å²) in [7, 11) is 0. The van der Waals surface area contributed by atoms with E-state index in [-0.39, 0.29) is 6.10 Å². The fraction of sp³-hybridized carbons (Fsp3) is 0.727. The van der Waals surface area contributed by atoms with Gasteiger partial charge in [-0.15, -0.1) is 0 Å². The van der Waals surface area contributed by atoms with Crippen LogP contribution in [0.25, 0.3) is 0 Å². The Bertz CT molecular complexity index is 273. The molecule has 0 aromatic carbocycles. The molecule has 1 aromatic rings. The number of hydrogen-bond acceptors (Lipinski definition) is 3. The second kappa shape index (κ2) is 6.58. The summed E-state index contributed by atoms with van der Waals surface area (Å²) < 4.78 is 7.49. The smallest absolute Gasteiger partial charge is 0.0827 e. The van der Waals surface area contributed by atoms with Gasteiger partial charge in [0.25, 0.3) is 0 Å². The van der Waals surface area contributed by atoms with E-state index < -0.39 is 0 Å². The van der Waals surface area contributed by atoms with Gasteiger partial charge in [-0.1, -0.05) is 13.3 Å². The van der Waals surface area contributed by atoms with Gasteiger partial charge < -0.3 is 10.5 Å². The minimum atomic E-state index is 0.0870. The lowest BCUT2D eigenvalue weighted by Gasteiger charge is -2.09. The first-order valence-corrected chi connectivity index (χ1v) is 5.62. The summed E-state index contributed by atoms with van der Waals surface area (Å²) in [6.07, 6.45) is 6.37. The zero-order chi connectivity index (χ0) is 11.1. The van der Waals surface area contributed by atoms with Crippen molar-refractivity contribution in [3.63, 3.8) is 0 Å². The predicted octanol–water partition coefficient (Wildman–Crippen LogP) is 1.72. The molecule has 1 aromatic heterocycles. The van der Waals surface area contributed by atoms with Gasteiger partial charge in [0.2, 0.25) is 0 Å². The molecule has 0 saturated carbocycles. The second-order valence-corrected chi connectivity index (χ2v) is 3.69. The van der Waals surface area contributed by atoms with Crippen LogP contribution in [0.15, 0.2) is 12.4 Å². The molecule has 0 fully saturated rings. The first kappa shape index (κ1) is 12.2. The Kier molecular flexibility index (Phi) is 5.36. The van der Waals surface area contributed by atoms with E-state index in [0.29, 0.717) is 13.2 Å². The summed E-state index contributed by atoms with van der Waals surface area (Å²) in [5.74, 6) is 0. The highest BCUT2D eigenvalue weighted by Gasteiger charge is 2.07. The average Bonchev–Trinajstić information content (AvgIpc) is 2.71. The molecule has 0 spiro atoms. The van der Waals surface area contributed by atoms with Gasteiger partial charge in [0.05, 0.1) is 18.9 Å². The average molecular weight is 211 g/mol. The molecule has 1 atom stereocenters. The number of aryl methyl sites for hydroxylation is 1. The van der Waals surface area contributed by atoms with Crippen LogP contribution in [-0.2, 0) is 11.3 Å². The summed E-state index contributed by atoms with van der Waals surface area (Å²) >= 11 is 0. The fourth-order valence-corrected chi connectivity index (χ4v) is 1.37. The molecule has 1 rings (SSSR count). The Morgan fingerprint density at radius 3 is 3.07 bits per heavy atom. The minimum absolute atomic E-state index is 0.0870. The predicted molar refractivity (Wildman–Crippen MR) is 60.6 cm³/mol. The molecule has 4 heteroatoms. The molecule has 0 aliphatic carbocycles. The molecule has 0 amide bonds. The zero-order valence-electron chi connectivity index (χ0n) is 9.65. The first-order chi connectivity index (χ1) is 7.27. The van der Waals surface area contributed by atoms with Gasteiger partial charge in [-0.3, -0.25) is 4.68 Å². The van der Waals surface area contributed by atoms with Gasteiger partial charge >= 0.3 is 0 Å². The third-order valence-electron chi connectivity index (χ3n) is 2.35. The largest absolute Gasteiger partial charge is 0.372 e. The fourth-order valence-electron chi connectivity index (χ4n) is 1.37. The molecular weight excluding hydrogens is 190 g/mol. The lowest BCUT2D eigenvalue weighted by molar-refractivity contribution is 0.0717. The van der Waals surface area contributed by atoms with E-state index in [1.54, 1.807) is 0 Å². The Hall–Kier alpha value is -0.870. The van der Waals surface area contributed by atoms with Crippen LogP contribution in [0.1, 0.15) is 38.4 Å². The summed E-state index contributed by atoms with van der Waals surface area (Å²) in [6, 6.07) is 0. The summed E-state index contributed by atoms with van der Waals surface area (Å²) in [4.78, 5) is 0. The van der Waals surface area contributed by atoms with Crippen molar-refractivity contribution >= 4 is 0 Å². The lowest BCUT2D eigenvalue weighted by Crippen LogP contribution is -2.10. The van der Waals surface area contributed by atoms with Gasteiger partial charge in [-0.2, -0.15) is 5.10 Å². The summed E-state index contributed by atoms with van der Waals surface area (Å²) in [5.41, 5.74) is 6.50. The van der Waals surface area contributed by atoms with Crippen LogP contribution < -0.4 is 5.73 Å². The van der Waals surface area contributed by atoms with Gasteiger partial charge in [0, 0.05) is 24.8 Å². The Morgan fingerprint density at radius 2 is 2.40 bits per heavy atom. The molecule has 0 radical (unpaired) electrons. The number of ether oxygens (including phenoxy) is 1. The van der Waals surface area contributed by atoms with Crippen molar-refractivity contribution in [3.05, 3.63) is 18.0 Å². The Labute approximate surface area is 91.4 Å². The van der Waals surface area contributed by atoms with Crippen molar-refractivity contribution in [2.24, 2.45) is 5.73 Å². The number of rotatable bonds is 7. The molecule has 0 saturated heterocycles. The van der Waals surface area contributed by atoms with E-state index in [2.05, 4.69) is 18.2 Å². The topological polar surface area (TPSA) is 53.1 Å². The number of unbranched alkanes of at least 4 members (excludes halogenated alkanes) is 1. The van der Waals surface area contributed by atoms with E-state index in [9.17, 15) is 0 Å². The van der Waals surface area contributed by atoms with Gasteiger partial charge in [-0.25, -0.2) is 0 Å². The highest BCUT2D eigenvalue weighted by atomic mass is 16.5. The normalized spacial score (nSPS) is 13.0. The molecule has 0 aliphatic rings. The number of aromatic nitrogens is 2. The Balaban J connectivity index is 2.43. The van der Waals surface area contributed by atoms with E-state index in [4.69, 9.17) is 10.5 Å². The first-order valence-electron chi connectivity index (χ1n) is 5.62. The standard InChI is InChI=1S/C11H21N3O/c1-3-4-6-14-9-11(8-13-14)10(2)15-7-5-12/h8-10H,3-7,12H2,1-2H3. The van der Waals surface area contributed by atoms with Crippen LogP contribution in [0.4, 0.5) is 0 Å². The Morgan fingerprint density at radius 1 is 1.60 bits per heavy atom. The molecule has 1 unspecified atom stereocenters. The molecule has 2 N–H and O–H groups in total. The molecule has 0 bridgehead atoms. The van der Waals surface area contributed by atoms with E-state index in [1.807, 2.05) is 17.8 Å². The molecule has 15 heavy (non-hydrogen) atoms. The van der Waals surface area contributed by atoms with Crippen molar-refractivity contribution in [1.29, 1.82) is 0 Å². The maximum Gasteiger partial charge on any atom is 0.0827 e. The number of nitrogens with two attached hydrogens (primary N) is 1. The summed E-state index contributed by atoms with van der Waals surface area (Å²) in [5, 5.41) is 4.29. The van der Waals surface area contributed by atoms with E-state index >= 15 is 0 Å². The quantitative estimate of drug-likeness (QED) is 0.747. The number of nitrogens with zero attached hydrogens (tertiary/aromatic N) is 2. The van der Waals surface area contributed by atoms with E-state index in [0.717, 1.165) is 12.1 Å². The van der Waals surface area contributed by atoms with E-state index in [1.165, 1.54) is 12.8 Å². The summed E-state index contributed by atoms with van der Waals surface area (Å²) in [6.45, 7) is 6.35. The van der Waals surface area contributed by atoms with Crippen molar-refractivity contribution < 1.29 is 4.74 Å². The highest BCUT2D eigenvalue weighted by Crippen LogP contribution is 2.15. The van der Waals surface area contributed by atoms with Crippen molar-refractivity contribution in [1.82, 2.24) is 9.78 Å². The van der Waals surface area contributed by atoms with Gasteiger partial charge in [0.1, 0.15) is 0 Å². The molecule has 0 aliphatic heterocycles. The second-order valence-electron chi connectivity index (χ2n) is 3.69. The molecular formula is C11H21N3O. The maximum absolute atomic E-state index is 5.52. The zero-order valence-corrected chi connectivity index (χ0v) is 9.65. The molecule has 86 valence electrons. The monoisotopic (exact) mass is 211 g/mol. The SMILES string of the molecule is CCCCn1cc(C(C)OCCN)cn1. The third kappa shape index (κ3) is 4.01. The van der Waals surface area contributed by atoms with Crippen molar-refractivity contribution in [2.45, 2.75) is 39.3 Å². The lowest BCUT2D eigenvalue weighted by atomic mass is 10.2. The van der Waals surface area contributed by atoms with Gasteiger partial charge in [-0.05, 0) is 13.3 Å². The number of hydrogen-bond donors (Lipinski definition) is 1. The third-order valence-corrected chi connectivity index (χ3v) is 2.35. The highest BCUT2D eigenvalue weighted by molar-refractivity contribution is 5.07. The molecule has 4 nitrogen and oxygen atoms in total. The van der Waals surface area contributed by atoms with Gasteiger partial charge in [0.15, 0.2) is 0 Å².